The molecule has 1 aromatic heterocycles. The van der Waals surface area contributed by atoms with Crippen molar-refractivity contribution in [3.63, 3.8) is 0 Å². The molecule has 1 atom stereocenters. The number of hydrogen-bond donors (Lipinski definition) is 1. The molecule has 1 unspecified atom stereocenters. The lowest BCUT2D eigenvalue weighted by Gasteiger charge is -2.16. The van der Waals surface area contributed by atoms with Gasteiger partial charge in [0.2, 0.25) is 5.95 Å². The molecule has 1 heterocycles. The minimum absolute atomic E-state index is 0.0356. The molecular weight excluding hydrogens is 335 g/mol. The predicted molar refractivity (Wildman–Crippen MR) is 95.8 cm³/mol. The van der Waals surface area contributed by atoms with Crippen LogP contribution in [0, 0.1) is 12.7 Å². The van der Waals surface area contributed by atoms with E-state index in [1.165, 1.54) is 12.1 Å². The van der Waals surface area contributed by atoms with Crippen molar-refractivity contribution in [2.45, 2.75) is 26.4 Å². The molecule has 0 aliphatic heterocycles. The summed E-state index contributed by atoms with van der Waals surface area (Å²) in [7, 11) is 0. The molecule has 134 valence electrons. The number of anilines is 1. The van der Waals surface area contributed by atoms with Crippen LogP contribution in [-0.4, -0.2) is 26.8 Å². The van der Waals surface area contributed by atoms with Gasteiger partial charge >= 0.3 is 0 Å². The quantitative estimate of drug-likeness (QED) is 0.735. The second-order valence-corrected chi connectivity index (χ2v) is 5.66. The number of benzene rings is 2. The maximum Gasteiger partial charge on any atom is 0.267 e. The zero-order valence-electron chi connectivity index (χ0n) is 14.5. The summed E-state index contributed by atoms with van der Waals surface area (Å²) in [5.74, 6) is -0.1000. The van der Waals surface area contributed by atoms with Crippen molar-refractivity contribution in [1.82, 2.24) is 14.8 Å². The van der Waals surface area contributed by atoms with Crippen LogP contribution >= 0.6 is 0 Å². The van der Waals surface area contributed by atoms with Gasteiger partial charge in [-0.1, -0.05) is 37.3 Å². The van der Waals surface area contributed by atoms with Crippen LogP contribution in [-0.2, 0) is 4.79 Å². The van der Waals surface area contributed by atoms with Gasteiger partial charge in [-0.05, 0) is 37.6 Å². The van der Waals surface area contributed by atoms with Crippen molar-refractivity contribution >= 4 is 11.9 Å². The van der Waals surface area contributed by atoms with Crippen molar-refractivity contribution in [3.05, 3.63) is 66.2 Å². The fourth-order valence-corrected chi connectivity index (χ4v) is 2.46. The van der Waals surface area contributed by atoms with Crippen molar-refractivity contribution in [3.8, 4) is 11.4 Å². The second kappa shape index (κ2) is 7.77. The lowest BCUT2D eigenvalue weighted by Crippen LogP contribution is -2.33. The van der Waals surface area contributed by atoms with Crippen LogP contribution in [0.2, 0.25) is 0 Å². The summed E-state index contributed by atoms with van der Waals surface area (Å²) in [6.07, 6.45) is -0.477. The average Bonchev–Trinajstić information content (AvgIpc) is 3.01. The van der Waals surface area contributed by atoms with Crippen molar-refractivity contribution in [1.29, 1.82) is 0 Å². The maximum absolute atomic E-state index is 13.7. The number of amides is 1. The Morgan fingerprint density at radius 2 is 1.88 bits per heavy atom. The van der Waals surface area contributed by atoms with E-state index < -0.39 is 17.8 Å². The number of carbonyl (C=O) groups is 1. The molecule has 1 amide bonds. The molecule has 3 rings (SSSR count). The van der Waals surface area contributed by atoms with Gasteiger partial charge in [0.15, 0.2) is 17.7 Å². The highest BCUT2D eigenvalue weighted by Gasteiger charge is 2.22. The third kappa shape index (κ3) is 3.88. The monoisotopic (exact) mass is 354 g/mol. The topological polar surface area (TPSA) is 69.0 Å². The van der Waals surface area contributed by atoms with E-state index in [-0.39, 0.29) is 11.7 Å². The first-order chi connectivity index (χ1) is 12.6. The maximum atomic E-state index is 13.7. The third-order valence-corrected chi connectivity index (χ3v) is 3.77. The molecule has 0 fully saturated rings. The van der Waals surface area contributed by atoms with E-state index in [0.29, 0.717) is 12.2 Å². The van der Waals surface area contributed by atoms with Gasteiger partial charge in [0.1, 0.15) is 5.82 Å². The zero-order chi connectivity index (χ0) is 18.5. The Balaban J connectivity index is 1.73. The average molecular weight is 354 g/mol. The second-order valence-electron chi connectivity index (χ2n) is 5.66. The molecule has 7 heteroatoms. The van der Waals surface area contributed by atoms with Gasteiger partial charge in [0.25, 0.3) is 5.91 Å². The van der Waals surface area contributed by atoms with Gasteiger partial charge in [-0.2, -0.15) is 4.98 Å². The zero-order valence-corrected chi connectivity index (χ0v) is 14.5. The molecule has 2 aromatic carbocycles. The Kier molecular flexibility index (Phi) is 5.26. The lowest BCUT2D eigenvalue weighted by atomic mass is 10.2. The summed E-state index contributed by atoms with van der Waals surface area (Å²) in [4.78, 5) is 16.7. The molecule has 26 heavy (non-hydrogen) atoms. The molecule has 0 saturated heterocycles. The van der Waals surface area contributed by atoms with E-state index >= 15 is 0 Å². The number of aryl methyl sites for hydroxylation is 1. The number of halogens is 1. The number of nitrogens with zero attached hydrogens (tertiary/aromatic N) is 3. The summed E-state index contributed by atoms with van der Waals surface area (Å²) in [6, 6.07) is 15.5. The Bertz CT molecular complexity index is 896. The molecule has 0 radical (unpaired) electrons. The Hall–Kier alpha value is -3.22. The van der Waals surface area contributed by atoms with Gasteiger partial charge in [0.05, 0.1) is 5.69 Å². The number of ether oxygens (including phenoxy) is 1. The summed E-state index contributed by atoms with van der Waals surface area (Å²) in [5.41, 5.74) is 0.840. The number of carbonyl (C=O) groups excluding carboxylic acids is 1. The smallest absolute Gasteiger partial charge is 0.267 e. The van der Waals surface area contributed by atoms with Crippen molar-refractivity contribution in [2.75, 3.05) is 5.32 Å². The fraction of sp³-hybridized carbons (Fsp3) is 0.211. The molecule has 0 aliphatic carbocycles. The number of nitrogens with one attached hydrogen (secondary N) is 1. The number of hydrogen-bond acceptors (Lipinski definition) is 4. The minimum atomic E-state index is -0.851. The van der Waals surface area contributed by atoms with E-state index in [9.17, 15) is 9.18 Å². The Labute approximate surface area is 150 Å². The summed E-state index contributed by atoms with van der Waals surface area (Å²) in [6.45, 7) is 3.58. The first kappa shape index (κ1) is 17.6. The fourth-order valence-electron chi connectivity index (χ4n) is 2.46. The highest BCUT2D eigenvalue weighted by molar-refractivity contribution is 5.92. The van der Waals surface area contributed by atoms with E-state index in [2.05, 4.69) is 15.4 Å². The molecule has 1 N–H and O–H groups in total. The number of rotatable bonds is 6. The van der Waals surface area contributed by atoms with E-state index in [1.54, 1.807) is 30.7 Å². The molecule has 0 spiro atoms. The normalized spacial score (nSPS) is 11.8. The van der Waals surface area contributed by atoms with Gasteiger partial charge in [-0.25, -0.2) is 9.07 Å². The predicted octanol–water partition coefficient (Wildman–Crippen LogP) is 3.51. The Morgan fingerprint density at radius 3 is 2.58 bits per heavy atom. The van der Waals surface area contributed by atoms with Gasteiger partial charge in [-0.15, -0.1) is 5.10 Å². The van der Waals surface area contributed by atoms with E-state index in [0.717, 1.165) is 5.69 Å². The van der Waals surface area contributed by atoms with Crippen LogP contribution in [0.3, 0.4) is 0 Å². The van der Waals surface area contributed by atoms with E-state index in [4.69, 9.17) is 4.74 Å². The molecule has 0 aliphatic rings. The van der Waals surface area contributed by atoms with Gasteiger partial charge in [0, 0.05) is 0 Å². The largest absolute Gasteiger partial charge is 0.478 e. The highest BCUT2D eigenvalue weighted by atomic mass is 19.1. The van der Waals surface area contributed by atoms with Crippen molar-refractivity contribution < 1.29 is 13.9 Å². The van der Waals surface area contributed by atoms with Crippen LogP contribution in [0.5, 0.6) is 5.75 Å². The minimum Gasteiger partial charge on any atom is -0.478 e. The Morgan fingerprint density at radius 1 is 1.19 bits per heavy atom. The summed E-state index contributed by atoms with van der Waals surface area (Å²) in [5, 5.41) is 6.94. The third-order valence-electron chi connectivity index (χ3n) is 3.77. The SMILES string of the molecule is CCC(Oc1ccccc1F)C(=O)Nc1nc(C)n(-c2ccccc2)n1. The number of para-hydroxylation sites is 2. The van der Waals surface area contributed by atoms with Crippen LogP contribution < -0.4 is 10.1 Å². The van der Waals surface area contributed by atoms with Crippen LogP contribution in [0.25, 0.3) is 5.69 Å². The molecule has 0 saturated carbocycles. The van der Waals surface area contributed by atoms with E-state index in [1.807, 2.05) is 30.3 Å². The molecule has 3 aromatic rings. The number of aromatic nitrogens is 3. The first-order valence-corrected chi connectivity index (χ1v) is 8.29. The van der Waals surface area contributed by atoms with Gasteiger partial charge < -0.3 is 4.74 Å². The first-order valence-electron chi connectivity index (χ1n) is 8.29. The van der Waals surface area contributed by atoms with Crippen molar-refractivity contribution in [2.24, 2.45) is 0 Å². The van der Waals surface area contributed by atoms with Crippen LogP contribution in [0.1, 0.15) is 19.2 Å². The molecule has 6 nitrogen and oxygen atoms in total. The summed E-state index contributed by atoms with van der Waals surface area (Å²) < 4.78 is 20.9. The molecular formula is C19H19FN4O2. The lowest BCUT2D eigenvalue weighted by molar-refractivity contribution is -0.123. The molecule has 0 bridgehead atoms. The van der Waals surface area contributed by atoms with Crippen LogP contribution in [0.4, 0.5) is 10.3 Å². The van der Waals surface area contributed by atoms with Crippen LogP contribution in [0.15, 0.2) is 54.6 Å². The standard InChI is InChI=1S/C19H19FN4O2/c1-3-16(26-17-12-8-7-11-15(17)20)18(25)22-19-21-13(2)24(23-19)14-9-5-4-6-10-14/h4-12,16H,3H2,1-2H3,(H,22,23,25). The van der Waals surface area contributed by atoms with Gasteiger partial charge in [-0.3, -0.25) is 10.1 Å². The highest BCUT2D eigenvalue weighted by Crippen LogP contribution is 2.19. The summed E-state index contributed by atoms with van der Waals surface area (Å²) >= 11 is 0.